The third kappa shape index (κ3) is 4.48. The lowest BCUT2D eigenvalue weighted by Crippen LogP contribution is -2.37. The molecule has 0 bridgehead atoms. The predicted molar refractivity (Wildman–Crippen MR) is 77.4 cm³/mol. The van der Waals surface area contributed by atoms with Crippen molar-refractivity contribution >= 4 is 0 Å². The molecular weight excluding hydrogens is 238 g/mol. The van der Waals surface area contributed by atoms with Crippen LogP contribution in [0.15, 0.2) is 18.3 Å². The Kier molecular flexibility index (Phi) is 5.61. The molecule has 1 aliphatic rings. The number of methoxy groups -OCH3 is 1. The minimum Gasteiger partial charge on any atom is -0.481 e. The number of rotatable bonds is 7. The Bertz CT molecular complexity index is 360. The summed E-state index contributed by atoms with van der Waals surface area (Å²) in [6, 6.07) is 4.71. The number of pyridine rings is 1. The van der Waals surface area contributed by atoms with E-state index in [4.69, 9.17) is 4.74 Å². The molecular formula is C15H25N3O. The van der Waals surface area contributed by atoms with Crippen LogP contribution in [0, 0.1) is 0 Å². The van der Waals surface area contributed by atoms with Crippen molar-refractivity contribution in [2.24, 2.45) is 0 Å². The van der Waals surface area contributed by atoms with Crippen LogP contribution < -0.4 is 10.1 Å². The normalized spacial score (nSPS) is 19.0. The lowest BCUT2D eigenvalue weighted by molar-refractivity contribution is 0.241. The van der Waals surface area contributed by atoms with Crippen LogP contribution >= 0.6 is 0 Å². The number of nitrogens with one attached hydrogen (secondary N) is 1. The second kappa shape index (κ2) is 7.46. The van der Waals surface area contributed by atoms with E-state index in [9.17, 15) is 0 Å². The fourth-order valence-electron chi connectivity index (χ4n) is 2.66. The van der Waals surface area contributed by atoms with Crippen LogP contribution in [0.5, 0.6) is 5.88 Å². The van der Waals surface area contributed by atoms with Gasteiger partial charge in [-0.3, -0.25) is 4.90 Å². The topological polar surface area (TPSA) is 37.4 Å². The van der Waals surface area contributed by atoms with Gasteiger partial charge in [-0.15, -0.1) is 0 Å². The molecule has 4 nitrogen and oxygen atoms in total. The van der Waals surface area contributed by atoms with E-state index in [1.165, 1.54) is 31.4 Å². The largest absolute Gasteiger partial charge is 0.481 e. The van der Waals surface area contributed by atoms with Gasteiger partial charge in [0, 0.05) is 31.4 Å². The maximum absolute atomic E-state index is 5.09. The second-order valence-electron chi connectivity index (χ2n) is 5.24. The zero-order valence-electron chi connectivity index (χ0n) is 12.1. The van der Waals surface area contributed by atoms with Crippen LogP contribution in [-0.4, -0.2) is 42.7 Å². The Labute approximate surface area is 116 Å². The molecule has 0 amide bonds. The van der Waals surface area contributed by atoms with E-state index >= 15 is 0 Å². The number of aromatic nitrogens is 1. The molecule has 1 aliphatic heterocycles. The molecule has 2 rings (SSSR count). The summed E-state index contributed by atoms with van der Waals surface area (Å²) in [6.07, 6.45) is 5.73. The minimum absolute atomic E-state index is 0.665. The van der Waals surface area contributed by atoms with Crippen LogP contribution in [0.1, 0.15) is 31.7 Å². The van der Waals surface area contributed by atoms with Crippen molar-refractivity contribution in [2.45, 2.75) is 38.8 Å². The van der Waals surface area contributed by atoms with Crippen molar-refractivity contribution in [3.8, 4) is 5.88 Å². The molecule has 1 saturated heterocycles. The van der Waals surface area contributed by atoms with E-state index in [1.54, 1.807) is 7.11 Å². The van der Waals surface area contributed by atoms with Gasteiger partial charge in [0.25, 0.3) is 0 Å². The molecule has 0 aliphatic carbocycles. The van der Waals surface area contributed by atoms with Crippen molar-refractivity contribution in [3.05, 3.63) is 23.9 Å². The van der Waals surface area contributed by atoms with Crippen LogP contribution in [0.25, 0.3) is 0 Å². The molecule has 0 radical (unpaired) electrons. The molecule has 2 heterocycles. The van der Waals surface area contributed by atoms with Gasteiger partial charge >= 0.3 is 0 Å². The Hall–Kier alpha value is -1.13. The van der Waals surface area contributed by atoms with Gasteiger partial charge in [-0.25, -0.2) is 4.98 Å². The SMILES string of the molecule is CCCN(Cc1ccc(OC)nc1)CC1CCCN1. The number of ether oxygens (including phenoxy) is 1. The highest BCUT2D eigenvalue weighted by Crippen LogP contribution is 2.12. The maximum atomic E-state index is 5.09. The zero-order chi connectivity index (χ0) is 13.5. The van der Waals surface area contributed by atoms with Gasteiger partial charge in [0.1, 0.15) is 0 Å². The summed E-state index contributed by atoms with van der Waals surface area (Å²) in [5.41, 5.74) is 1.26. The van der Waals surface area contributed by atoms with Crippen LogP contribution in [0.3, 0.4) is 0 Å². The summed E-state index contributed by atoms with van der Waals surface area (Å²) in [4.78, 5) is 6.80. The summed E-state index contributed by atoms with van der Waals surface area (Å²) in [6.45, 7) is 6.67. The van der Waals surface area contributed by atoms with Gasteiger partial charge in [0.15, 0.2) is 0 Å². The second-order valence-corrected chi connectivity index (χ2v) is 5.24. The summed E-state index contributed by atoms with van der Waals surface area (Å²) >= 11 is 0. The highest BCUT2D eigenvalue weighted by atomic mass is 16.5. The third-order valence-corrected chi connectivity index (χ3v) is 3.59. The van der Waals surface area contributed by atoms with Crippen LogP contribution in [-0.2, 0) is 6.54 Å². The molecule has 1 N–H and O–H groups in total. The van der Waals surface area contributed by atoms with E-state index in [1.807, 2.05) is 12.3 Å². The monoisotopic (exact) mass is 263 g/mol. The van der Waals surface area contributed by atoms with E-state index in [0.717, 1.165) is 19.6 Å². The maximum Gasteiger partial charge on any atom is 0.212 e. The Morgan fingerprint density at radius 1 is 1.47 bits per heavy atom. The molecule has 0 aromatic carbocycles. The Morgan fingerprint density at radius 2 is 2.37 bits per heavy atom. The van der Waals surface area contributed by atoms with E-state index < -0.39 is 0 Å². The van der Waals surface area contributed by atoms with Gasteiger partial charge in [0.05, 0.1) is 7.11 Å². The first kappa shape index (κ1) is 14.3. The number of hydrogen-bond acceptors (Lipinski definition) is 4. The first-order valence-electron chi connectivity index (χ1n) is 7.26. The molecule has 0 spiro atoms. The highest BCUT2D eigenvalue weighted by Gasteiger charge is 2.17. The van der Waals surface area contributed by atoms with Crippen LogP contribution in [0.4, 0.5) is 0 Å². The fraction of sp³-hybridized carbons (Fsp3) is 0.667. The average molecular weight is 263 g/mol. The predicted octanol–water partition coefficient (Wildman–Crippen LogP) is 2.05. The smallest absolute Gasteiger partial charge is 0.212 e. The molecule has 1 aromatic heterocycles. The summed E-state index contributed by atoms with van der Waals surface area (Å²) < 4.78 is 5.09. The van der Waals surface area contributed by atoms with Crippen molar-refractivity contribution in [1.82, 2.24) is 15.2 Å². The molecule has 0 saturated carbocycles. The third-order valence-electron chi connectivity index (χ3n) is 3.59. The number of hydrogen-bond donors (Lipinski definition) is 1. The van der Waals surface area contributed by atoms with Gasteiger partial charge in [-0.2, -0.15) is 0 Å². The molecule has 106 valence electrons. The van der Waals surface area contributed by atoms with Crippen LogP contribution in [0.2, 0.25) is 0 Å². The van der Waals surface area contributed by atoms with Gasteiger partial charge < -0.3 is 10.1 Å². The van der Waals surface area contributed by atoms with Crippen molar-refractivity contribution in [3.63, 3.8) is 0 Å². The molecule has 19 heavy (non-hydrogen) atoms. The van der Waals surface area contributed by atoms with E-state index in [2.05, 4.69) is 28.2 Å². The molecule has 1 aromatic rings. The summed E-state index contributed by atoms with van der Waals surface area (Å²) in [7, 11) is 1.65. The number of nitrogens with zero attached hydrogens (tertiary/aromatic N) is 2. The van der Waals surface area contributed by atoms with Gasteiger partial charge in [-0.05, 0) is 37.9 Å². The van der Waals surface area contributed by atoms with Gasteiger partial charge in [0.2, 0.25) is 5.88 Å². The molecule has 1 unspecified atom stereocenters. The molecule has 1 atom stereocenters. The lowest BCUT2D eigenvalue weighted by atomic mass is 10.2. The quantitative estimate of drug-likeness (QED) is 0.817. The standard InChI is InChI=1S/C15H25N3O/c1-3-9-18(12-14-5-4-8-16-14)11-13-6-7-15(19-2)17-10-13/h6-7,10,14,16H,3-5,8-9,11-12H2,1-2H3. The molecule has 4 heteroatoms. The Morgan fingerprint density at radius 3 is 2.95 bits per heavy atom. The van der Waals surface area contributed by atoms with Crippen molar-refractivity contribution < 1.29 is 4.74 Å². The van der Waals surface area contributed by atoms with Gasteiger partial charge in [-0.1, -0.05) is 13.0 Å². The average Bonchev–Trinajstić information content (AvgIpc) is 2.93. The fourth-order valence-corrected chi connectivity index (χ4v) is 2.66. The van der Waals surface area contributed by atoms with Crippen molar-refractivity contribution in [1.29, 1.82) is 0 Å². The highest BCUT2D eigenvalue weighted by molar-refractivity contribution is 5.17. The summed E-state index contributed by atoms with van der Waals surface area (Å²) in [5.74, 6) is 0.684. The minimum atomic E-state index is 0.665. The van der Waals surface area contributed by atoms with E-state index in [0.29, 0.717) is 11.9 Å². The Balaban J connectivity index is 1.90. The summed E-state index contributed by atoms with van der Waals surface area (Å²) in [5, 5.41) is 3.57. The first-order valence-corrected chi connectivity index (χ1v) is 7.26. The zero-order valence-corrected chi connectivity index (χ0v) is 12.1. The van der Waals surface area contributed by atoms with E-state index in [-0.39, 0.29) is 0 Å². The van der Waals surface area contributed by atoms with Crippen molar-refractivity contribution in [2.75, 3.05) is 26.7 Å². The first-order chi connectivity index (χ1) is 9.31. The lowest BCUT2D eigenvalue weighted by Gasteiger charge is -2.25. The molecule has 1 fully saturated rings.